The molecule has 1 aromatic carbocycles. The van der Waals surface area contributed by atoms with Crippen LogP contribution in [0.1, 0.15) is 5.56 Å². The Bertz CT molecular complexity index is 507. The van der Waals surface area contributed by atoms with Gasteiger partial charge in [-0.2, -0.15) is 21.6 Å². The summed E-state index contributed by atoms with van der Waals surface area (Å²) in [6.45, 7) is 0. The number of hydrogen-bond acceptors (Lipinski definition) is 4. The average molecular weight is 270 g/mol. The smallest absolute Gasteiger partial charge is 0.420 e. The van der Waals surface area contributed by atoms with E-state index in [1.807, 2.05) is 0 Å². The first-order valence-electron chi connectivity index (χ1n) is 4.28. The van der Waals surface area contributed by atoms with E-state index in [2.05, 4.69) is 8.92 Å². The van der Waals surface area contributed by atoms with Crippen LogP contribution in [0.4, 0.5) is 13.2 Å². The van der Waals surface area contributed by atoms with Gasteiger partial charge in [-0.25, -0.2) is 0 Å². The zero-order chi connectivity index (χ0) is 13.3. The number of rotatable bonds is 3. The van der Waals surface area contributed by atoms with Gasteiger partial charge in [0.15, 0.2) is 0 Å². The number of ether oxygens (including phenoxy) is 1. The van der Waals surface area contributed by atoms with Crippen molar-refractivity contribution >= 4 is 10.1 Å². The minimum atomic E-state index is -4.65. The minimum Gasteiger partial charge on any atom is -0.496 e. The maximum absolute atomic E-state index is 12.6. The molecule has 8 heteroatoms. The minimum absolute atomic E-state index is 0.404. The summed E-state index contributed by atoms with van der Waals surface area (Å²) in [6.07, 6.45) is -3.91. The largest absolute Gasteiger partial charge is 0.496 e. The number of benzene rings is 1. The molecule has 0 heterocycles. The van der Waals surface area contributed by atoms with Crippen LogP contribution < -0.4 is 8.92 Å². The van der Waals surface area contributed by atoms with Crippen LogP contribution >= 0.6 is 0 Å². The standard InChI is InChI=1S/C9H9F3O4S/c1-15-8-4-3-6(16-17(2,13)14)5-7(8)9(10,11)12/h3-5H,1-2H3. The lowest BCUT2D eigenvalue weighted by molar-refractivity contribution is -0.138. The van der Waals surface area contributed by atoms with Gasteiger partial charge in [-0.1, -0.05) is 0 Å². The van der Waals surface area contributed by atoms with Crippen molar-refractivity contribution in [3.8, 4) is 11.5 Å². The number of hydrogen-bond donors (Lipinski definition) is 0. The Balaban J connectivity index is 3.23. The van der Waals surface area contributed by atoms with Gasteiger partial charge in [-0.15, -0.1) is 0 Å². The SMILES string of the molecule is COc1ccc(OS(C)(=O)=O)cc1C(F)(F)F. The van der Waals surface area contributed by atoms with Crippen LogP contribution in [0.15, 0.2) is 18.2 Å². The third kappa shape index (κ3) is 3.81. The van der Waals surface area contributed by atoms with Crippen molar-refractivity contribution in [3.63, 3.8) is 0 Å². The van der Waals surface area contributed by atoms with Crippen molar-refractivity contribution in [3.05, 3.63) is 23.8 Å². The second kappa shape index (κ2) is 4.44. The van der Waals surface area contributed by atoms with Crippen molar-refractivity contribution in [1.82, 2.24) is 0 Å². The summed E-state index contributed by atoms with van der Waals surface area (Å²) in [5.74, 6) is -0.820. The molecule has 0 bridgehead atoms. The van der Waals surface area contributed by atoms with Gasteiger partial charge in [-0.05, 0) is 18.2 Å². The summed E-state index contributed by atoms with van der Waals surface area (Å²) in [5, 5.41) is 0. The molecule has 0 atom stereocenters. The van der Waals surface area contributed by atoms with Crippen LogP contribution in [-0.4, -0.2) is 21.8 Å². The Morgan fingerprint density at radius 3 is 2.24 bits per heavy atom. The molecular weight excluding hydrogens is 261 g/mol. The summed E-state index contributed by atoms with van der Waals surface area (Å²) in [6, 6.07) is 2.64. The van der Waals surface area contributed by atoms with Gasteiger partial charge >= 0.3 is 16.3 Å². The van der Waals surface area contributed by atoms with Gasteiger partial charge in [0, 0.05) is 0 Å². The van der Waals surface area contributed by atoms with Gasteiger partial charge in [-0.3, -0.25) is 0 Å². The van der Waals surface area contributed by atoms with Crippen molar-refractivity contribution < 1.29 is 30.5 Å². The molecule has 0 aliphatic rings. The molecule has 4 nitrogen and oxygen atoms in total. The Labute approximate surface area is 96.1 Å². The first kappa shape index (κ1) is 13.6. The molecule has 0 N–H and O–H groups in total. The number of methoxy groups -OCH3 is 1. The first-order chi connectivity index (χ1) is 7.63. The number of alkyl halides is 3. The normalized spacial score (nSPS) is 12.3. The van der Waals surface area contributed by atoms with E-state index in [0.29, 0.717) is 6.07 Å². The van der Waals surface area contributed by atoms with Crippen LogP contribution in [0.3, 0.4) is 0 Å². The van der Waals surface area contributed by atoms with E-state index in [0.717, 1.165) is 25.5 Å². The van der Waals surface area contributed by atoms with Gasteiger partial charge in [0.2, 0.25) is 0 Å². The Morgan fingerprint density at radius 1 is 1.24 bits per heavy atom. The molecular formula is C9H9F3O4S. The molecule has 0 spiro atoms. The molecule has 0 unspecified atom stereocenters. The van der Waals surface area contributed by atoms with Crippen molar-refractivity contribution in [2.24, 2.45) is 0 Å². The van der Waals surface area contributed by atoms with Crippen molar-refractivity contribution in [2.45, 2.75) is 6.18 Å². The van der Waals surface area contributed by atoms with Gasteiger partial charge in [0.25, 0.3) is 0 Å². The molecule has 1 aromatic rings. The van der Waals surface area contributed by atoms with E-state index in [-0.39, 0.29) is 0 Å². The number of halogens is 3. The summed E-state index contributed by atoms with van der Waals surface area (Å²) < 4.78 is 68.1. The average Bonchev–Trinajstić information content (AvgIpc) is 2.13. The predicted octanol–water partition coefficient (Wildman–Crippen LogP) is 2.05. The molecule has 0 saturated heterocycles. The lowest BCUT2D eigenvalue weighted by Crippen LogP contribution is -2.10. The Morgan fingerprint density at radius 2 is 1.82 bits per heavy atom. The van der Waals surface area contributed by atoms with Crippen LogP contribution in [0, 0.1) is 0 Å². The maximum Gasteiger partial charge on any atom is 0.420 e. The molecule has 0 aliphatic carbocycles. The highest BCUT2D eigenvalue weighted by atomic mass is 32.2. The van der Waals surface area contributed by atoms with Gasteiger partial charge < -0.3 is 8.92 Å². The zero-order valence-corrected chi connectivity index (χ0v) is 9.72. The predicted molar refractivity (Wildman–Crippen MR) is 53.5 cm³/mol. The monoisotopic (exact) mass is 270 g/mol. The molecule has 0 fully saturated rings. The van der Waals surface area contributed by atoms with Crippen LogP contribution in [-0.2, 0) is 16.3 Å². The second-order valence-electron chi connectivity index (χ2n) is 3.15. The summed E-state index contributed by atoms with van der Waals surface area (Å²) in [5.41, 5.74) is -1.10. The highest BCUT2D eigenvalue weighted by Crippen LogP contribution is 2.38. The third-order valence-corrected chi connectivity index (χ3v) is 2.22. The van der Waals surface area contributed by atoms with E-state index >= 15 is 0 Å². The van der Waals surface area contributed by atoms with Crippen molar-refractivity contribution in [1.29, 1.82) is 0 Å². The second-order valence-corrected chi connectivity index (χ2v) is 4.72. The molecule has 0 amide bonds. The highest BCUT2D eigenvalue weighted by molar-refractivity contribution is 7.86. The van der Waals surface area contributed by atoms with Gasteiger partial charge in [0.1, 0.15) is 17.1 Å². The molecule has 0 aromatic heterocycles. The van der Waals surface area contributed by atoms with Crippen LogP contribution in [0.5, 0.6) is 11.5 Å². The summed E-state index contributed by atoms with van der Waals surface area (Å²) in [4.78, 5) is 0. The zero-order valence-electron chi connectivity index (χ0n) is 8.91. The lowest BCUT2D eigenvalue weighted by Gasteiger charge is -2.13. The fraction of sp³-hybridized carbons (Fsp3) is 0.333. The summed E-state index contributed by atoms with van der Waals surface area (Å²) >= 11 is 0. The van der Waals surface area contributed by atoms with Crippen LogP contribution in [0.25, 0.3) is 0 Å². The quantitative estimate of drug-likeness (QED) is 0.789. The maximum atomic E-state index is 12.6. The van der Waals surface area contributed by atoms with E-state index in [9.17, 15) is 21.6 Å². The Kier molecular flexibility index (Phi) is 3.56. The fourth-order valence-corrected chi connectivity index (χ4v) is 1.59. The summed E-state index contributed by atoms with van der Waals surface area (Å²) in [7, 11) is -2.78. The molecule has 0 aliphatic heterocycles. The molecule has 0 saturated carbocycles. The van der Waals surface area contributed by atoms with Crippen molar-refractivity contribution in [2.75, 3.05) is 13.4 Å². The Hall–Kier alpha value is -1.44. The lowest BCUT2D eigenvalue weighted by atomic mass is 10.2. The third-order valence-electron chi connectivity index (χ3n) is 1.72. The molecule has 0 radical (unpaired) electrons. The van der Waals surface area contributed by atoms with E-state index in [4.69, 9.17) is 0 Å². The first-order valence-corrected chi connectivity index (χ1v) is 6.10. The van der Waals surface area contributed by atoms with Gasteiger partial charge in [0.05, 0.1) is 13.4 Å². The van der Waals surface area contributed by atoms with E-state index < -0.39 is 33.4 Å². The molecule has 17 heavy (non-hydrogen) atoms. The topological polar surface area (TPSA) is 52.6 Å². The highest BCUT2D eigenvalue weighted by Gasteiger charge is 2.35. The fourth-order valence-electron chi connectivity index (χ4n) is 1.14. The molecule has 1 rings (SSSR count). The van der Waals surface area contributed by atoms with E-state index in [1.165, 1.54) is 0 Å². The van der Waals surface area contributed by atoms with Crippen LogP contribution in [0.2, 0.25) is 0 Å². The molecule has 96 valence electrons. The van der Waals surface area contributed by atoms with E-state index in [1.54, 1.807) is 0 Å².